The number of aliphatic hydroxyl groups is 1. The van der Waals surface area contributed by atoms with Gasteiger partial charge in [0.2, 0.25) is 0 Å². The summed E-state index contributed by atoms with van der Waals surface area (Å²) in [5, 5.41) is 12.5. The van der Waals surface area contributed by atoms with Gasteiger partial charge in [-0.1, -0.05) is 18.0 Å². The van der Waals surface area contributed by atoms with Crippen molar-refractivity contribution in [1.82, 2.24) is 0 Å². The van der Waals surface area contributed by atoms with E-state index in [-0.39, 0.29) is 6.10 Å². The topological polar surface area (TPSA) is 20.2 Å². The van der Waals surface area contributed by atoms with E-state index in [9.17, 15) is 5.11 Å². The van der Waals surface area contributed by atoms with Gasteiger partial charge >= 0.3 is 0 Å². The maximum absolute atomic E-state index is 9.84. The molecule has 1 atom stereocenters. The summed E-state index contributed by atoms with van der Waals surface area (Å²) < 4.78 is 0. The van der Waals surface area contributed by atoms with Crippen molar-refractivity contribution in [2.75, 3.05) is 0 Å². The Labute approximate surface area is 81.0 Å². The molecule has 1 aromatic rings. The zero-order chi connectivity index (χ0) is 8.55. The third kappa shape index (κ3) is 1.39. The van der Waals surface area contributed by atoms with Gasteiger partial charge in [0.05, 0.1) is 16.0 Å². The normalized spacial score (nSPS) is 20.5. The van der Waals surface area contributed by atoms with E-state index in [2.05, 4.69) is 0 Å². The predicted octanol–water partition coefficient (Wildman–Crippen LogP) is 3.24. The molecule has 0 aromatic carbocycles. The molecule has 0 bridgehead atoms. The van der Waals surface area contributed by atoms with Crippen LogP contribution in [0.5, 0.6) is 0 Å². The Kier molecular flexibility index (Phi) is 2.40. The van der Waals surface area contributed by atoms with Crippen molar-refractivity contribution in [3.05, 3.63) is 21.3 Å². The lowest BCUT2D eigenvalue weighted by Crippen LogP contribution is -2.19. The summed E-state index contributed by atoms with van der Waals surface area (Å²) in [5.74, 6) is 0.459. The van der Waals surface area contributed by atoms with Crippen LogP contribution in [0.3, 0.4) is 0 Å². The molecule has 1 aromatic heterocycles. The lowest BCUT2D eigenvalue weighted by Gasteiger charge is -2.29. The smallest absolute Gasteiger partial charge is 0.0924 e. The summed E-state index contributed by atoms with van der Waals surface area (Å²) in [7, 11) is 0. The largest absolute Gasteiger partial charge is 0.387 e. The van der Waals surface area contributed by atoms with E-state index in [0.29, 0.717) is 5.92 Å². The van der Waals surface area contributed by atoms with Crippen molar-refractivity contribution in [3.8, 4) is 0 Å². The second kappa shape index (κ2) is 3.36. The molecule has 1 saturated carbocycles. The van der Waals surface area contributed by atoms with Crippen LogP contribution in [0, 0.1) is 5.92 Å². The average Bonchev–Trinajstić information content (AvgIpc) is 2.31. The SMILES string of the molecule is OC(c1sccc1Cl)C1CCC1. The van der Waals surface area contributed by atoms with Crippen LogP contribution in [-0.4, -0.2) is 5.11 Å². The number of aliphatic hydroxyl groups excluding tert-OH is 1. The van der Waals surface area contributed by atoms with Gasteiger partial charge in [-0.3, -0.25) is 0 Å². The summed E-state index contributed by atoms with van der Waals surface area (Å²) >= 11 is 7.46. The first-order chi connectivity index (χ1) is 5.79. The van der Waals surface area contributed by atoms with E-state index in [4.69, 9.17) is 11.6 Å². The lowest BCUT2D eigenvalue weighted by molar-refractivity contribution is 0.0650. The highest BCUT2D eigenvalue weighted by atomic mass is 35.5. The molecule has 66 valence electrons. The minimum atomic E-state index is -0.314. The molecule has 2 rings (SSSR count). The molecule has 0 amide bonds. The summed E-state index contributed by atoms with van der Waals surface area (Å²) in [6.07, 6.45) is 3.24. The number of hydrogen-bond acceptors (Lipinski definition) is 2. The third-order valence-corrected chi connectivity index (χ3v) is 3.94. The summed E-state index contributed by atoms with van der Waals surface area (Å²) in [4.78, 5) is 0.946. The van der Waals surface area contributed by atoms with Crippen LogP contribution in [-0.2, 0) is 0 Å². The molecule has 1 N–H and O–H groups in total. The fourth-order valence-corrected chi connectivity index (χ4v) is 2.73. The van der Waals surface area contributed by atoms with Gasteiger partial charge in [0.1, 0.15) is 0 Å². The first-order valence-electron chi connectivity index (χ1n) is 4.20. The highest BCUT2D eigenvalue weighted by molar-refractivity contribution is 7.10. The van der Waals surface area contributed by atoms with E-state index in [0.717, 1.165) is 22.7 Å². The van der Waals surface area contributed by atoms with Crippen LogP contribution >= 0.6 is 22.9 Å². The van der Waals surface area contributed by atoms with Crippen LogP contribution in [0.2, 0.25) is 5.02 Å². The maximum atomic E-state index is 9.84. The number of rotatable bonds is 2. The zero-order valence-electron chi connectivity index (χ0n) is 6.66. The molecular weight excluding hydrogens is 192 g/mol. The van der Waals surface area contributed by atoms with Gasteiger partial charge in [0.15, 0.2) is 0 Å². The highest BCUT2D eigenvalue weighted by Crippen LogP contribution is 2.41. The Hall–Kier alpha value is -0.0500. The van der Waals surface area contributed by atoms with Gasteiger partial charge in [-0.15, -0.1) is 11.3 Å². The fourth-order valence-electron chi connectivity index (χ4n) is 1.49. The highest BCUT2D eigenvalue weighted by Gasteiger charge is 2.28. The fraction of sp³-hybridized carbons (Fsp3) is 0.556. The molecule has 0 radical (unpaired) electrons. The molecule has 3 heteroatoms. The van der Waals surface area contributed by atoms with Crippen molar-refractivity contribution >= 4 is 22.9 Å². The van der Waals surface area contributed by atoms with Crippen LogP contribution < -0.4 is 0 Å². The molecule has 0 spiro atoms. The minimum Gasteiger partial charge on any atom is -0.387 e. The summed E-state index contributed by atoms with van der Waals surface area (Å²) in [5.41, 5.74) is 0. The molecule has 1 heterocycles. The quantitative estimate of drug-likeness (QED) is 0.781. The number of thiophene rings is 1. The van der Waals surface area contributed by atoms with Crippen LogP contribution in [0.4, 0.5) is 0 Å². The van der Waals surface area contributed by atoms with Gasteiger partial charge in [-0.2, -0.15) is 0 Å². The Morgan fingerprint density at radius 1 is 1.58 bits per heavy atom. The zero-order valence-corrected chi connectivity index (χ0v) is 8.24. The molecule has 1 aliphatic rings. The van der Waals surface area contributed by atoms with E-state index in [1.54, 1.807) is 11.3 Å². The molecule has 12 heavy (non-hydrogen) atoms. The van der Waals surface area contributed by atoms with Gasteiger partial charge < -0.3 is 5.11 Å². The monoisotopic (exact) mass is 202 g/mol. The van der Waals surface area contributed by atoms with Gasteiger partial charge in [0.25, 0.3) is 0 Å². The summed E-state index contributed by atoms with van der Waals surface area (Å²) in [6, 6.07) is 1.85. The van der Waals surface area contributed by atoms with Crippen molar-refractivity contribution < 1.29 is 5.11 Å². The molecule has 1 aliphatic carbocycles. The minimum absolute atomic E-state index is 0.314. The van der Waals surface area contributed by atoms with E-state index in [1.165, 1.54) is 6.42 Å². The van der Waals surface area contributed by atoms with Crippen molar-refractivity contribution in [2.45, 2.75) is 25.4 Å². The third-order valence-electron chi connectivity index (χ3n) is 2.51. The number of hydrogen-bond donors (Lipinski definition) is 1. The molecule has 1 nitrogen and oxygen atoms in total. The average molecular weight is 203 g/mol. The predicted molar refractivity (Wildman–Crippen MR) is 51.6 cm³/mol. The Balaban J connectivity index is 2.13. The van der Waals surface area contributed by atoms with Gasteiger partial charge in [-0.05, 0) is 30.2 Å². The molecule has 0 aliphatic heterocycles. The molecule has 1 unspecified atom stereocenters. The summed E-state index contributed by atoms with van der Waals surface area (Å²) in [6.45, 7) is 0. The second-order valence-electron chi connectivity index (χ2n) is 3.27. The van der Waals surface area contributed by atoms with Crippen LogP contribution in [0.15, 0.2) is 11.4 Å². The van der Waals surface area contributed by atoms with Crippen LogP contribution in [0.25, 0.3) is 0 Å². The Morgan fingerprint density at radius 3 is 2.75 bits per heavy atom. The van der Waals surface area contributed by atoms with Crippen molar-refractivity contribution in [2.24, 2.45) is 5.92 Å². The lowest BCUT2D eigenvalue weighted by atomic mass is 9.81. The first kappa shape index (κ1) is 8.54. The molecule has 0 saturated heterocycles. The standard InChI is InChI=1S/C9H11ClOS/c10-7-4-5-12-9(7)8(11)6-2-1-3-6/h4-6,8,11H,1-3H2. The van der Waals surface area contributed by atoms with E-state index < -0.39 is 0 Å². The number of halogens is 1. The van der Waals surface area contributed by atoms with Gasteiger partial charge in [0, 0.05) is 0 Å². The first-order valence-corrected chi connectivity index (χ1v) is 5.46. The Morgan fingerprint density at radius 2 is 2.33 bits per heavy atom. The van der Waals surface area contributed by atoms with Crippen molar-refractivity contribution in [1.29, 1.82) is 0 Å². The van der Waals surface area contributed by atoms with Crippen LogP contribution in [0.1, 0.15) is 30.2 Å². The van der Waals surface area contributed by atoms with E-state index in [1.807, 2.05) is 11.4 Å². The Bertz CT molecular complexity index is 267. The van der Waals surface area contributed by atoms with E-state index >= 15 is 0 Å². The molecular formula is C9H11ClOS. The van der Waals surface area contributed by atoms with Gasteiger partial charge in [-0.25, -0.2) is 0 Å². The molecule has 1 fully saturated rings. The second-order valence-corrected chi connectivity index (χ2v) is 4.62. The maximum Gasteiger partial charge on any atom is 0.0924 e. The van der Waals surface area contributed by atoms with Crippen molar-refractivity contribution in [3.63, 3.8) is 0 Å².